The number of amides is 1. The van der Waals surface area contributed by atoms with Crippen molar-refractivity contribution in [2.24, 2.45) is 11.7 Å². The molecule has 0 spiro atoms. The molecule has 0 saturated carbocycles. The van der Waals surface area contributed by atoms with E-state index in [2.05, 4.69) is 29.1 Å². The molecule has 4 N–H and O–H groups in total. The highest BCUT2D eigenvalue weighted by Gasteiger charge is 2.21. The molecule has 102 valence electrons. The lowest BCUT2D eigenvalue weighted by atomic mass is 10.0. The van der Waals surface area contributed by atoms with Crippen LogP contribution in [0.5, 0.6) is 0 Å². The minimum Gasteiger partial charge on any atom is -0.346 e. The summed E-state index contributed by atoms with van der Waals surface area (Å²) in [7, 11) is 0. The first-order valence-electron chi connectivity index (χ1n) is 6.56. The van der Waals surface area contributed by atoms with Crippen molar-refractivity contribution in [2.45, 2.75) is 26.3 Å². The summed E-state index contributed by atoms with van der Waals surface area (Å²) in [6.07, 6.45) is 0.337. The molecule has 5 heteroatoms. The predicted molar refractivity (Wildman–Crippen MR) is 75.5 cm³/mol. The Kier molecular flexibility index (Phi) is 4.16. The molecule has 1 heterocycles. The number of carbonyl (C=O) groups is 1. The van der Waals surface area contributed by atoms with Crippen molar-refractivity contribution in [3.05, 3.63) is 30.1 Å². The van der Waals surface area contributed by atoms with Crippen molar-refractivity contribution in [1.29, 1.82) is 0 Å². The van der Waals surface area contributed by atoms with Crippen LogP contribution in [-0.4, -0.2) is 22.4 Å². The molecule has 2 aromatic rings. The minimum atomic E-state index is -0.119. The van der Waals surface area contributed by atoms with Gasteiger partial charge < -0.3 is 16.0 Å². The minimum absolute atomic E-state index is 0.0401. The first-order chi connectivity index (χ1) is 9.11. The fraction of sp³-hybridized carbons (Fsp3) is 0.429. The number of benzene rings is 1. The van der Waals surface area contributed by atoms with Gasteiger partial charge in [0, 0.05) is 13.0 Å². The Labute approximate surface area is 112 Å². The fourth-order valence-corrected chi connectivity index (χ4v) is 2.05. The first-order valence-corrected chi connectivity index (χ1v) is 6.56. The molecule has 0 radical (unpaired) electrons. The average molecular weight is 260 g/mol. The maximum absolute atomic E-state index is 11.7. The van der Waals surface area contributed by atoms with Gasteiger partial charge in [0.05, 0.1) is 17.1 Å². The van der Waals surface area contributed by atoms with Gasteiger partial charge in [0.15, 0.2) is 0 Å². The number of carbonyl (C=O) groups excluding carboxylic acids is 1. The second-order valence-corrected chi connectivity index (χ2v) is 4.97. The van der Waals surface area contributed by atoms with Crippen molar-refractivity contribution in [3.63, 3.8) is 0 Å². The molecule has 1 amide bonds. The van der Waals surface area contributed by atoms with Crippen LogP contribution in [0.2, 0.25) is 0 Å². The Balaban J connectivity index is 2.25. The second kappa shape index (κ2) is 5.84. The molecule has 0 aliphatic heterocycles. The summed E-state index contributed by atoms with van der Waals surface area (Å²) >= 11 is 0. The zero-order valence-electron chi connectivity index (χ0n) is 11.3. The molecular weight excluding hydrogens is 240 g/mol. The van der Waals surface area contributed by atoms with E-state index in [0.717, 1.165) is 16.9 Å². The number of nitrogens with zero attached hydrogens (tertiary/aromatic N) is 1. The molecule has 1 atom stereocenters. The number of aromatic nitrogens is 2. The predicted octanol–water partition coefficient (Wildman–Crippen LogP) is 1.72. The van der Waals surface area contributed by atoms with Gasteiger partial charge in [-0.05, 0) is 18.1 Å². The quantitative estimate of drug-likeness (QED) is 0.765. The maximum atomic E-state index is 11.7. The van der Waals surface area contributed by atoms with E-state index in [-0.39, 0.29) is 17.9 Å². The largest absolute Gasteiger partial charge is 0.346 e. The van der Waals surface area contributed by atoms with Crippen LogP contribution in [0.4, 0.5) is 0 Å². The lowest BCUT2D eigenvalue weighted by molar-refractivity contribution is -0.122. The van der Waals surface area contributed by atoms with E-state index >= 15 is 0 Å². The normalized spacial score (nSPS) is 12.8. The number of nitrogens with two attached hydrogens (primary N) is 1. The molecule has 0 aliphatic carbocycles. The van der Waals surface area contributed by atoms with Gasteiger partial charge in [0.25, 0.3) is 0 Å². The Hall–Kier alpha value is -1.88. The van der Waals surface area contributed by atoms with Gasteiger partial charge in [-0.25, -0.2) is 4.98 Å². The lowest BCUT2D eigenvalue weighted by Gasteiger charge is -2.20. The highest BCUT2D eigenvalue weighted by Crippen LogP contribution is 2.22. The highest BCUT2D eigenvalue weighted by atomic mass is 16.1. The molecule has 0 aliphatic rings. The summed E-state index contributed by atoms with van der Waals surface area (Å²) in [6.45, 7) is 4.47. The van der Waals surface area contributed by atoms with Gasteiger partial charge in [0.1, 0.15) is 5.82 Å². The third-order valence-electron chi connectivity index (χ3n) is 3.06. The summed E-state index contributed by atoms with van der Waals surface area (Å²) < 4.78 is 0. The van der Waals surface area contributed by atoms with Crippen molar-refractivity contribution >= 4 is 16.9 Å². The zero-order valence-corrected chi connectivity index (χ0v) is 11.3. The Morgan fingerprint density at radius 2 is 2.16 bits per heavy atom. The van der Waals surface area contributed by atoms with E-state index in [9.17, 15) is 4.79 Å². The van der Waals surface area contributed by atoms with Crippen molar-refractivity contribution < 1.29 is 4.79 Å². The summed E-state index contributed by atoms with van der Waals surface area (Å²) in [5.41, 5.74) is 7.29. The molecule has 2 rings (SSSR count). The molecule has 0 fully saturated rings. The second-order valence-electron chi connectivity index (χ2n) is 4.97. The standard InChI is InChI=1S/C14H20N4O/c1-9(2)13(18-12(19)7-8-15)14-16-10-5-3-4-6-11(10)17-14/h3-6,9,13H,7-8,15H2,1-2H3,(H,16,17)(H,18,19)/t13-/m1/s1. The number of imidazole rings is 1. The van der Waals surface area contributed by atoms with Crippen LogP contribution < -0.4 is 11.1 Å². The van der Waals surface area contributed by atoms with Crippen LogP contribution in [-0.2, 0) is 4.79 Å². The van der Waals surface area contributed by atoms with Gasteiger partial charge in [-0.15, -0.1) is 0 Å². The Morgan fingerprint density at radius 1 is 1.42 bits per heavy atom. The third-order valence-corrected chi connectivity index (χ3v) is 3.06. The summed E-state index contributed by atoms with van der Waals surface area (Å²) in [5.74, 6) is 1.01. The smallest absolute Gasteiger partial charge is 0.221 e. The SMILES string of the molecule is CC(C)[C@@H](NC(=O)CCN)c1nc2ccccc2[nH]1. The molecule has 1 aromatic carbocycles. The van der Waals surface area contributed by atoms with E-state index in [0.29, 0.717) is 13.0 Å². The molecule has 0 bridgehead atoms. The van der Waals surface area contributed by atoms with Gasteiger partial charge in [-0.1, -0.05) is 26.0 Å². The van der Waals surface area contributed by atoms with E-state index in [1.165, 1.54) is 0 Å². The molecule has 0 saturated heterocycles. The van der Waals surface area contributed by atoms with E-state index in [1.807, 2.05) is 24.3 Å². The van der Waals surface area contributed by atoms with Crippen molar-refractivity contribution in [1.82, 2.24) is 15.3 Å². The van der Waals surface area contributed by atoms with E-state index in [1.54, 1.807) is 0 Å². The summed E-state index contributed by atoms with van der Waals surface area (Å²) in [4.78, 5) is 19.5. The lowest BCUT2D eigenvalue weighted by Crippen LogP contribution is -2.33. The highest BCUT2D eigenvalue weighted by molar-refractivity contribution is 5.77. The number of rotatable bonds is 5. The number of aromatic amines is 1. The van der Waals surface area contributed by atoms with Gasteiger partial charge in [-0.2, -0.15) is 0 Å². The molecule has 19 heavy (non-hydrogen) atoms. The number of H-pyrrole nitrogens is 1. The summed E-state index contributed by atoms with van der Waals surface area (Å²) in [5, 5.41) is 2.98. The van der Waals surface area contributed by atoms with Crippen LogP contribution in [0, 0.1) is 5.92 Å². The molecular formula is C14H20N4O. The Bertz CT molecular complexity index is 528. The Morgan fingerprint density at radius 3 is 2.79 bits per heavy atom. The average Bonchev–Trinajstić information content (AvgIpc) is 2.79. The van der Waals surface area contributed by atoms with E-state index in [4.69, 9.17) is 5.73 Å². The molecule has 0 unspecified atom stereocenters. The molecule has 1 aromatic heterocycles. The summed E-state index contributed by atoms with van der Waals surface area (Å²) in [6, 6.07) is 7.72. The van der Waals surface area contributed by atoms with Crippen LogP contribution in [0.25, 0.3) is 11.0 Å². The topological polar surface area (TPSA) is 83.8 Å². The monoisotopic (exact) mass is 260 g/mol. The van der Waals surface area contributed by atoms with Crippen LogP contribution in [0.3, 0.4) is 0 Å². The van der Waals surface area contributed by atoms with Gasteiger partial charge in [0.2, 0.25) is 5.91 Å². The van der Waals surface area contributed by atoms with Crippen molar-refractivity contribution in [3.8, 4) is 0 Å². The zero-order chi connectivity index (χ0) is 13.8. The first kappa shape index (κ1) is 13.5. The fourth-order valence-electron chi connectivity index (χ4n) is 2.05. The van der Waals surface area contributed by atoms with Crippen LogP contribution in [0.15, 0.2) is 24.3 Å². The van der Waals surface area contributed by atoms with Gasteiger partial charge in [-0.3, -0.25) is 4.79 Å². The number of hydrogen-bond donors (Lipinski definition) is 3. The number of nitrogens with one attached hydrogen (secondary N) is 2. The van der Waals surface area contributed by atoms with Crippen molar-refractivity contribution in [2.75, 3.05) is 6.54 Å². The number of para-hydroxylation sites is 2. The number of fused-ring (bicyclic) bond motifs is 1. The maximum Gasteiger partial charge on any atom is 0.221 e. The number of hydrogen-bond acceptors (Lipinski definition) is 3. The third kappa shape index (κ3) is 3.12. The molecule has 5 nitrogen and oxygen atoms in total. The van der Waals surface area contributed by atoms with Gasteiger partial charge >= 0.3 is 0 Å². The van der Waals surface area contributed by atoms with Crippen LogP contribution in [0.1, 0.15) is 32.1 Å². The van der Waals surface area contributed by atoms with Crippen LogP contribution >= 0.6 is 0 Å². The van der Waals surface area contributed by atoms with E-state index < -0.39 is 0 Å².